The third kappa shape index (κ3) is 3.57. The summed E-state index contributed by atoms with van der Waals surface area (Å²) in [6.07, 6.45) is 5.00. The van der Waals surface area contributed by atoms with Gasteiger partial charge in [-0.05, 0) is 18.9 Å². The zero-order chi connectivity index (χ0) is 19.6. The first kappa shape index (κ1) is 18.3. The molecule has 1 aliphatic heterocycles. The van der Waals surface area contributed by atoms with Gasteiger partial charge in [0.15, 0.2) is 0 Å². The molecule has 0 saturated carbocycles. The molecule has 0 radical (unpaired) electrons. The van der Waals surface area contributed by atoms with Crippen molar-refractivity contribution in [2.75, 3.05) is 25.1 Å². The summed E-state index contributed by atoms with van der Waals surface area (Å²) in [5.74, 6) is -0.863. The van der Waals surface area contributed by atoms with Crippen LogP contribution in [-0.4, -0.2) is 45.8 Å². The molecule has 27 heavy (non-hydrogen) atoms. The summed E-state index contributed by atoms with van der Waals surface area (Å²) in [7, 11) is 1.12. The Morgan fingerprint density at radius 1 is 1.30 bits per heavy atom. The van der Waals surface area contributed by atoms with Crippen LogP contribution < -0.4 is 4.90 Å². The summed E-state index contributed by atoms with van der Waals surface area (Å²) in [6.45, 7) is 0.852. The van der Waals surface area contributed by atoms with Gasteiger partial charge in [0.05, 0.1) is 34.6 Å². The van der Waals surface area contributed by atoms with E-state index in [1.165, 1.54) is 0 Å². The van der Waals surface area contributed by atoms with Crippen LogP contribution in [0.2, 0.25) is 0 Å². The van der Waals surface area contributed by atoms with Crippen LogP contribution in [0.15, 0.2) is 30.6 Å². The fraction of sp³-hybridized carbons (Fsp3) is 0.375. The largest absolute Gasteiger partial charge is 0.465 e. The van der Waals surface area contributed by atoms with Gasteiger partial charge in [0.25, 0.3) is 11.4 Å². The van der Waals surface area contributed by atoms with E-state index in [9.17, 15) is 25.0 Å². The van der Waals surface area contributed by atoms with E-state index < -0.39 is 27.2 Å². The molecule has 1 aromatic heterocycles. The number of benzene rings is 1. The number of anilines is 1. The smallest absolute Gasteiger partial charge is 0.340 e. The number of ether oxygens (including phenoxy) is 1. The molecular weight excluding hydrogens is 358 g/mol. The highest BCUT2D eigenvalue weighted by atomic mass is 16.6. The molecule has 0 bridgehead atoms. The molecule has 1 saturated heterocycles. The fourth-order valence-electron chi connectivity index (χ4n) is 3.32. The molecule has 2 aromatic rings. The number of carbonyl (C=O) groups excluding carboxylic acids is 1. The lowest BCUT2D eigenvalue weighted by Gasteiger charge is -2.34. The van der Waals surface area contributed by atoms with Gasteiger partial charge in [0.2, 0.25) is 0 Å². The molecule has 1 aliphatic rings. The van der Waals surface area contributed by atoms with Gasteiger partial charge in [-0.3, -0.25) is 24.9 Å². The van der Waals surface area contributed by atoms with Crippen molar-refractivity contribution in [3.63, 3.8) is 0 Å². The molecule has 1 unspecified atom stereocenters. The maximum absolute atomic E-state index is 12.2. The SMILES string of the molecule is COC(=O)c1cc([N+](=O)[O-])cc([N+](=O)[O-])c1N1CCCC(n2cccn2)C1. The summed E-state index contributed by atoms with van der Waals surface area (Å²) >= 11 is 0. The van der Waals surface area contributed by atoms with Crippen LogP contribution >= 0.6 is 0 Å². The molecule has 11 heteroatoms. The van der Waals surface area contributed by atoms with E-state index in [-0.39, 0.29) is 17.3 Å². The summed E-state index contributed by atoms with van der Waals surface area (Å²) in [5.41, 5.74) is -1.19. The van der Waals surface area contributed by atoms with Crippen LogP contribution in [0.5, 0.6) is 0 Å². The molecule has 0 amide bonds. The zero-order valence-corrected chi connectivity index (χ0v) is 14.5. The first-order valence-corrected chi connectivity index (χ1v) is 8.21. The van der Waals surface area contributed by atoms with Gasteiger partial charge in [-0.1, -0.05) is 0 Å². The van der Waals surface area contributed by atoms with Crippen molar-refractivity contribution in [3.05, 3.63) is 56.4 Å². The average molecular weight is 375 g/mol. The topological polar surface area (TPSA) is 134 Å². The predicted molar refractivity (Wildman–Crippen MR) is 93.8 cm³/mol. The molecule has 2 heterocycles. The first-order chi connectivity index (χ1) is 12.9. The van der Waals surface area contributed by atoms with E-state index in [4.69, 9.17) is 4.74 Å². The summed E-state index contributed by atoms with van der Waals surface area (Å²) < 4.78 is 6.47. The number of hydrogen-bond donors (Lipinski definition) is 0. The Labute approximate surface area is 153 Å². The molecule has 1 atom stereocenters. The number of carbonyl (C=O) groups is 1. The minimum atomic E-state index is -0.863. The van der Waals surface area contributed by atoms with Crippen molar-refractivity contribution in [3.8, 4) is 0 Å². The molecule has 0 aliphatic carbocycles. The van der Waals surface area contributed by atoms with E-state index in [1.54, 1.807) is 28.0 Å². The van der Waals surface area contributed by atoms with E-state index in [0.29, 0.717) is 13.1 Å². The Hall–Kier alpha value is -3.50. The predicted octanol–water partition coefficient (Wildman–Crippen LogP) is 2.33. The quantitative estimate of drug-likeness (QED) is 0.441. The highest BCUT2D eigenvalue weighted by Crippen LogP contribution is 2.39. The van der Waals surface area contributed by atoms with Gasteiger partial charge < -0.3 is 9.64 Å². The van der Waals surface area contributed by atoms with Crippen LogP contribution in [0.3, 0.4) is 0 Å². The number of esters is 1. The number of methoxy groups -OCH3 is 1. The van der Waals surface area contributed by atoms with Crippen LogP contribution in [0.1, 0.15) is 29.2 Å². The molecule has 0 N–H and O–H groups in total. The van der Waals surface area contributed by atoms with Crippen LogP contribution in [0.4, 0.5) is 17.1 Å². The van der Waals surface area contributed by atoms with Gasteiger partial charge in [-0.2, -0.15) is 5.10 Å². The lowest BCUT2D eigenvalue weighted by Crippen LogP contribution is -2.38. The van der Waals surface area contributed by atoms with Crippen molar-refractivity contribution in [1.82, 2.24) is 9.78 Å². The van der Waals surface area contributed by atoms with Crippen molar-refractivity contribution in [1.29, 1.82) is 0 Å². The number of nitrogens with zero attached hydrogens (tertiary/aromatic N) is 5. The van der Waals surface area contributed by atoms with Crippen molar-refractivity contribution in [2.24, 2.45) is 0 Å². The van der Waals surface area contributed by atoms with Gasteiger partial charge in [0.1, 0.15) is 5.69 Å². The molecule has 0 spiro atoms. The Balaban J connectivity index is 2.10. The van der Waals surface area contributed by atoms with Crippen molar-refractivity contribution >= 4 is 23.0 Å². The summed E-state index contributed by atoms with van der Waals surface area (Å²) in [6, 6.07) is 3.65. The van der Waals surface area contributed by atoms with E-state index in [0.717, 1.165) is 32.1 Å². The number of nitro benzene ring substituents is 2. The maximum Gasteiger partial charge on any atom is 0.340 e. The second-order valence-corrected chi connectivity index (χ2v) is 6.10. The number of rotatable bonds is 5. The second kappa shape index (κ2) is 7.40. The van der Waals surface area contributed by atoms with Crippen LogP contribution in [-0.2, 0) is 4.74 Å². The Bertz CT molecular complexity index is 882. The van der Waals surface area contributed by atoms with Gasteiger partial charge >= 0.3 is 5.97 Å². The minimum absolute atomic E-state index is 0.0333. The lowest BCUT2D eigenvalue weighted by atomic mass is 10.0. The summed E-state index contributed by atoms with van der Waals surface area (Å²) in [5, 5.41) is 27.0. The lowest BCUT2D eigenvalue weighted by molar-refractivity contribution is -0.393. The van der Waals surface area contributed by atoms with Gasteiger partial charge in [0, 0.05) is 31.5 Å². The number of nitro groups is 2. The Morgan fingerprint density at radius 3 is 2.67 bits per heavy atom. The minimum Gasteiger partial charge on any atom is -0.465 e. The summed E-state index contributed by atoms with van der Waals surface area (Å²) in [4.78, 5) is 35.2. The highest BCUT2D eigenvalue weighted by molar-refractivity contribution is 5.99. The average Bonchev–Trinajstić information content (AvgIpc) is 3.21. The first-order valence-electron chi connectivity index (χ1n) is 8.21. The second-order valence-electron chi connectivity index (χ2n) is 6.10. The zero-order valence-electron chi connectivity index (χ0n) is 14.5. The van der Waals surface area contributed by atoms with Gasteiger partial charge in [-0.25, -0.2) is 4.79 Å². The maximum atomic E-state index is 12.2. The van der Waals surface area contributed by atoms with E-state index >= 15 is 0 Å². The monoisotopic (exact) mass is 375 g/mol. The normalized spacial score (nSPS) is 16.8. The third-order valence-corrected chi connectivity index (χ3v) is 4.50. The number of non-ortho nitro benzene ring substituents is 1. The van der Waals surface area contributed by atoms with Crippen molar-refractivity contribution in [2.45, 2.75) is 18.9 Å². The number of aromatic nitrogens is 2. The molecule has 1 fully saturated rings. The standard InChI is InChI=1S/C16H17N5O6/c1-27-16(22)13-8-12(20(23)24)9-14(21(25)26)15(13)18-6-2-4-11(10-18)19-7-3-5-17-19/h3,5,7-9,11H,2,4,6,10H2,1H3. The van der Waals surface area contributed by atoms with Crippen molar-refractivity contribution < 1.29 is 19.4 Å². The molecule has 11 nitrogen and oxygen atoms in total. The Kier molecular flexibility index (Phi) is 5.01. The highest BCUT2D eigenvalue weighted by Gasteiger charge is 2.34. The van der Waals surface area contributed by atoms with Crippen LogP contribution in [0, 0.1) is 20.2 Å². The number of piperidine rings is 1. The molecule has 1 aromatic carbocycles. The molecular formula is C16H17N5O6. The molecule has 142 valence electrons. The van der Waals surface area contributed by atoms with Crippen LogP contribution in [0.25, 0.3) is 0 Å². The third-order valence-electron chi connectivity index (χ3n) is 4.50. The fourth-order valence-corrected chi connectivity index (χ4v) is 3.32. The van der Waals surface area contributed by atoms with E-state index in [2.05, 4.69) is 5.10 Å². The van der Waals surface area contributed by atoms with Gasteiger partial charge in [-0.15, -0.1) is 0 Å². The molecule has 3 rings (SSSR count). The number of hydrogen-bond acceptors (Lipinski definition) is 8. The Morgan fingerprint density at radius 2 is 2.07 bits per heavy atom. The van der Waals surface area contributed by atoms with E-state index in [1.807, 2.05) is 0 Å².